The molecule has 182 valence electrons. The third-order valence-corrected chi connectivity index (χ3v) is 4.92. The second-order valence-corrected chi connectivity index (χ2v) is 7.40. The summed E-state index contributed by atoms with van der Waals surface area (Å²) in [6, 6.07) is 4.01. The van der Waals surface area contributed by atoms with Gasteiger partial charge in [-0.1, -0.05) is 12.1 Å². The standard InChI is InChI=1S/C21H33N7O5/c1-4-27(5-2)20(31)18(13-15-8-10-16(11-9-15)28(32)33)26-19(30)17(25-14(3)29)7-6-12-24-21(22)23/h8-11,17-18H,4-7,12-13H2,1-3H3,(H,25,29)(H,26,30)(H4,22,23,24). The molecule has 2 atom stereocenters. The van der Waals surface area contributed by atoms with Gasteiger partial charge in [0.25, 0.3) is 5.69 Å². The molecule has 1 aromatic rings. The summed E-state index contributed by atoms with van der Waals surface area (Å²) >= 11 is 0. The number of hydrogen-bond donors (Lipinski definition) is 4. The highest BCUT2D eigenvalue weighted by Crippen LogP contribution is 2.14. The first-order valence-electron chi connectivity index (χ1n) is 10.7. The van der Waals surface area contributed by atoms with Crippen molar-refractivity contribution in [3.63, 3.8) is 0 Å². The summed E-state index contributed by atoms with van der Waals surface area (Å²) in [6.45, 7) is 6.15. The number of aliphatic imine (C=N–C) groups is 1. The minimum absolute atomic E-state index is 0.0662. The molecule has 0 aliphatic carbocycles. The molecule has 0 bridgehead atoms. The van der Waals surface area contributed by atoms with Crippen molar-refractivity contribution < 1.29 is 19.3 Å². The van der Waals surface area contributed by atoms with Crippen LogP contribution in [-0.4, -0.2) is 65.2 Å². The van der Waals surface area contributed by atoms with Crippen LogP contribution in [0.15, 0.2) is 29.3 Å². The molecule has 0 aromatic heterocycles. The predicted molar refractivity (Wildman–Crippen MR) is 124 cm³/mol. The topological polar surface area (TPSA) is 186 Å². The van der Waals surface area contributed by atoms with E-state index in [0.29, 0.717) is 25.1 Å². The van der Waals surface area contributed by atoms with Crippen LogP contribution in [0.2, 0.25) is 0 Å². The molecular weight excluding hydrogens is 430 g/mol. The lowest BCUT2D eigenvalue weighted by Gasteiger charge is -2.27. The van der Waals surface area contributed by atoms with Gasteiger partial charge in [-0.15, -0.1) is 0 Å². The van der Waals surface area contributed by atoms with Crippen LogP contribution in [0.4, 0.5) is 5.69 Å². The van der Waals surface area contributed by atoms with Gasteiger partial charge in [-0.2, -0.15) is 0 Å². The number of carbonyl (C=O) groups excluding carboxylic acids is 3. The fourth-order valence-corrected chi connectivity index (χ4v) is 3.24. The van der Waals surface area contributed by atoms with E-state index in [0.717, 1.165) is 0 Å². The largest absolute Gasteiger partial charge is 0.370 e. The molecule has 1 aromatic carbocycles. The van der Waals surface area contributed by atoms with Gasteiger partial charge in [0.15, 0.2) is 5.96 Å². The molecule has 12 nitrogen and oxygen atoms in total. The van der Waals surface area contributed by atoms with E-state index in [9.17, 15) is 24.5 Å². The fourth-order valence-electron chi connectivity index (χ4n) is 3.24. The number of carbonyl (C=O) groups is 3. The van der Waals surface area contributed by atoms with E-state index >= 15 is 0 Å². The van der Waals surface area contributed by atoms with E-state index in [-0.39, 0.29) is 42.8 Å². The van der Waals surface area contributed by atoms with Crippen molar-refractivity contribution in [2.45, 2.75) is 52.1 Å². The summed E-state index contributed by atoms with van der Waals surface area (Å²) in [5, 5.41) is 16.2. The van der Waals surface area contributed by atoms with Crippen LogP contribution in [0, 0.1) is 10.1 Å². The van der Waals surface area contributed by atoms with E-state index in [1.165, 1.54) is 19.1 Å². The Labute approximate surface area is 192 Å². The van der Waals surface area contributed by atoms with Crippen LogP contribution < -0.4 is 22.1 Å². The van der Waals surface area contributed by atoms with Crippen molar-refractivity contribution in [2.75, 3.05) is 19.6 Å². The Balaban J connectivity index is 3.05. The highest BCUT2D eigenvalue weighted by atomic mass is 16.6. The Hall–Kier alpha value is -3.70. The number of likely N-dealkylation sites (N-methyl/N-ethyl adjacent to an activating group) is 1. The quantitative estimate of drug-likeness (QED) is 0.105. The monoisotopic (exact) mass is 463 g/mol. The summed E-state index contributed by atoms with van der Waals surface area (Å²) in [7, 11) is 0. The van der Waals surface area contributed by atoms with Gasteiger partial charge in [0.2, 0.25) is 17.7 Å². The van der Waals surface area contributed by atoms with Gasteiger partial charge in [-0.3, -0.25) is 29.5 Å². The van der Waals surface area contributed by atoms with E-state index in [2.05, 4.69) is 15.6 Å². The lowest BCUT2D eigenvalue weighted by Crippen LogP contribution is -2.55. The van der Waals surface area contributed by atoms with Crippen LogP contribution in [0.1, 0.15) is 39.2 Å². The summed E-state index contributed by atoms with van der Waals surface area (Å²) < 4.78 is 0. The molecule has 0 saturated heterocycles. The number of non-ortho nitro benzene ring substituents is 1. The van der Waals surface area contributed by atoms with Crippen molar-refractivity contribution in [1.29, 1.82) is 0 Å². The zero-order valence-electron chi connectivity index (χ0n) is 19.2. The first-order valence-corrected chi connectivity index (χ1v) is 10.7. The molecule has 0 saturated carbocycles. The van der Waals surface area contributed by atoms with Gasteiger partial charge in [0.1, 0.15) is 12.1 Å². The van der Waals surface area contributed by atoms with Gasteiger partial charge in [0, 0.05) is 45.1 Å². The Morgan fingerprint density at radius 3 is 2.18 bits per heavy atom. The third kappa shape index (κ3) is 9.54. The molecule has 0 fully saturated rings. The van der Waals surface area contributed by atoms with Gasteiger partial charge in [-0.05, 0) is 32.3 Å². The Morgan fingerprint density at radius 2 is 1.70 bits per heavy atom. The Kier molecular flexibility index (Phi) is 11.3. The molecule has 0 spiro atoms. The number of nitro groups is 1. The molecule has 12 heteroatoms. The van der Waals surface area contributed by atoms with Crippen LogP contribution in [0.25, 0.3) is 0 Å². The van der Waals surface area contributed by atoms with E-state index in [1.54, 1.807) is 17.0 Å². The number of guanidine groups is 1. The molecular formula is C21H33N7O5. The molecule has 0 radical (unpaired) electrons. The number of rotatable bonds is 13. The number of amides is 3. The summed E-state index contributed by atoms with van der Waals surface area (Å²) in [6.07, 6.45) is 0.846. The second-order valence-electron chi connectivity index (χ2n) is 7.40. The molecule has 3 amide bonds. The molecule has 0 heterocycles. The van der Waals surface area contributed by atoms with Crippen LogP contribution in [-0.2, 0) is 20.8 Å². The average molecular weight is 464 g/mol. The van der Waals surface area contributed by atoms with Gasteiger partial charge < -0.3 is 27.0 Å². The maximum atomic E-state index is 13.1. The van der Waals surface area contributed by atoms with Crippen molar-refractivity contribution in [1.82, 2.24) is 15.5 Å². The maximum absolute atomic E-state index is 13.1. The van der Waals surface area contributed by atoms with Crippen molar-refractivity contribution in [3.8, 4) is 0 Å². The zero-order chi connectivity index (χ0) is 25.0. The number of nitro benzene ring substituents is 1. The van der Waals surface area contributed by atoms with E-state index in [1.807, 2.05) is 13.8 Å². The smallest absolute Gasteiger partial charge is 0.269 e. The minimum Gasteiger partial charge on any atom is -0.370 e. The van der Waals surface area contributed by atoms with Crippen molar-refractivity contribution >= 4 is 29.4 Å². The van der Waals surface area contributed by atoms with E-state index in [4.69, 9.17) is 11.5 Å². The normalized spacial score (nSPS) is 12.2. The van der Waals surface area contributed by atoms with E-state index < -0.39 is 22.9 Å². The molecule has 1 rings (SSSR count). The number of nitrogens with one attached hydrogen (secondary N) is 2. The fraction of sp³-hybridized carbons (Fsp3) is 0.524. The number of nitrogens with zero attached hydrogens (tertiary/aromatic N) is 3. The van der Waals surface area contributed by atoms with Gasteiger partial charge in [0.05, 0.1) is 4.92 Å². The first kappa shape index (κ1) is 27.3. The van der Waals surface area contributed by atoms with Crippen LogP contribution >= 0.6 is 0 Å². The third-order valence-electron chi connectivity index (χ3n) is 4.92. The molecule has 2 unspecified atom stereocenters. The molecule has 33 heavy (non-hydrogen) atoms. The second kappa shape index (κ2) is 13.7. The average Bonchev–Trinajstić information content (AvgIpc) is 2.76. The van der Waals surface area contributed by atoms with Crippen LogP contribution in [0.3, 0.4) is 0 Å². The molecule has 0 aliphatic heterocycles. The molecule has 0 aliphatic rings. The first-order chi connectivity index (χ1) is 15.6. The zero-order valence-corrected chi connectivity index (χ0v) is 19.2. The number of benzene rings is 1. The predicted octanol–water partition coefficient (Wildman–Crippen LogP) is 0.0488. The highest BCUT2D eigenvalue weighted by Gasteiger charge is 2.28. The van der Waals surface area contributed by atoms with Crippen molar-refractivity contribution in [2.24, 2.45) is 16.5 Å². The van der Waals surface area contributed by atoms with Gasteiger partial charge >= 0.3 is 0 Å². The highest BCUT2D eigenvalue weighted by molar-refractivity contribution is 5.92. The number of hydrogen-bond acceptors (Lipinski definition) is 6. The Bertz CT molecular complexity index is 849. The molecule has 6 N–H and O–H groups in total. The Morgan fingerprint density at radius 1 is 1.09 bits per heavy atom. The lowest BCUT2D eigenvalue weighted by molar-refractivity contribution is -0.384. The summed E-state index contributed by atoms with van der Waals surface area (Å²) in [5.74, 6) is -1.25. The summed E-state index contributed by atoms with van der Waals surface area (Å²) in [5.41, 5.74) is 11.2. The maximum Gasteiger partial charge on any atom is 0.269 e. The minimum atomic E-state index is -0.909. The lowest BCUT2D eigenvalue weighted by atomic mass is 10.0. The van der Waals surface area contributed by atoms with Crippen molar-refractivity contribution in [3.05, 3.63) is 39.9 Å². The van der Waals surface area contributed by atoms with Crippen LogP contribution in [0.5, 0.6) is 0 Å². The summed E-state index contributed by atoms with van der Waals surface area (Å²) in [4.78, 5) is 53.5. The SMILES string of the molecule is CCN(CC)C(=O)C(Cc1ccc([N+](=O)[O-])cc1)NC(=O)C(CCCN=C(N)N)NC(C)=O. The number of nitrogens with two attached hydrogens (primary N) is 2. The van der Waals surface area contributed by atoms with Gasteiger partial charge in [-0.25, -0.2) is 0 Å².